The maximum atomic E-state index is 10.7. The van der Waals surface area contributed by atoms with Crippen molar-refractivity contribution in [3.8, 4) is 0 Å². The third kappa shape index (κ3) is 2.87. The third-order valence-electron chi connectivity index (χ3n) is 1.75. The normalized spacial score (nSPS) is 39.7. The van der Waals surface area contributed by atoms with Crippen LogP contribution in [0.25, 0.3) is 0 Å². The van der Waals surface area contributed by atoms with E-state index in [1.165, 1.54) is 0 Å². The number of rotatable bonds is 2. The molecule has 0 saturated carbocycles. The first-order valence-corrected chi connectivity index (χ1v) is 5.67. The molecule has 3 N–H and O–H groups in total. The fraction of sp³-hybridized carbons (Fsp3) is 1.00. The van der Waals surface area contributed by atoms with Gasteiger partial charge in [-0.3, -0.25) is 4.18 Å². The summed E-state index contributed by atoms with van der Waals surface area (Å²) in [6.07, 6.45) is -4.96. The second kappa shape index (κ2) is 4.09. The summed E-state index contributed by atoms with van der Waals surface area (Å²) < 4.78 is 30.4. The van der Waals surface area contributed by atoms with Gasteiger partial charge in [-0.15, -0.1) is 0 Å². The van der Waals surface area contributed by atoms with Gasteiger partial charge in [-0.25, -0.2) is 0 Å². The molecule has 1 fully saturated rings. The molecule has 1 aliphatic heterocycles. The van der Waals surface area contributed by atoms with Crippen LogP contribution in [0.4, 0.5) is 0 Å². The standard InChI is InChI=1S/C6H12O7S/c1-14(10,11)13-3-2-12-6(9)5(8)4(3)7/h3-9H,2H2,1H3/t3-,4-,5+,6-/m0/s1. The maximum absolute atomic E-state index is 10.7. The van der Waals surface area contributed by atoms with Gasteiger partial charge in [0.2, 0.25) is 0 Å². The third-order valence-corrected chi connectivity index (χ3v) is 2.35. The molecule has 0 aromatic rings. The Morgan fingerprint density at radius 2 is 1.86 bits per heavy atom. The van der Waals surface area contributed by atoms with Crippen LogP contribution in [0.1, 0.15) is 0 Å². The highest BCUT2D eigenvalue weighted by Crippen LogP contribution is 2.17. The zero-order valence-corrected chi connectivity index (χ0v) is 8.22. The van der Waals surface area contributed by atoms with Crippen molar-refractivity contribution in [3.63, 3.8) is 0 Å². The van der Waals surface area contributed by atoms with Crippen LogP contribution in [0, 0.1) is 0 Å². The SMILES string of the molecule is CS(=O)(=O)O[C@H]1CO[C@H](O)[C@H](O)[C@H]1O. The van der Waals surface area contributed by atoms with E-state index in [2.05, 4.69) is 8.92 Å². The first-order valence-electron chi connectivity index (χ1n) is 3.85. The molecular formula is C6H12O7S. The minimum atomic E-state index is -3.73. The van der Waals surface area contributed by atoms with Crippen molar-refractivity contribution < 1.29 is 32.7 Å². The van der Waals surface area contributed by atoms with E-state index in [0.717, 1.165) is 6.26 Å². The van der Waals surface area contributed by atoms with Crippen molar-refractivity contribution in [1.82, 2.24) is 0 Å². The Bertz CT molecular complexity index is 287. The van der Waals surface area contributed by atoms with Gasteiger partial charge in [-0.1, -0.05) is 0 Å². The van der Waals surface area contributed by atoms with Gasteiger partial charge in [0, 0.05) is 0 Å². The van der Waals surface area contributed by atoms with Crippen LogP contribution in [0.5, 0.6) is 0 Å². The van der Waals surface area contributed by atoms with Crippen molar-refractivity contribution in [1.29, 1.82) is 0 Å². The minimum Gasteiger partial charge on any atom is -0.387 e. The highest BCUT2D eigenvalue weighted by molar-refractivity contribution is 7.86. The first kappa shape index (κ1) is 11.8. The maximum Gasteiger partial charge on any atom is 0.264 e. The van der Waals surface area contributed by atoms with E-state index in [4.69, 9.17) is 10.2 Å². The Morgan fingerprint density at radius 3 is 2.36 bits per heavy atom. The average Bonchev–Trinajstić information content (AvgIpc) is 2.04. The van der Waals surface area contributed by atoms with Crippen LogP contribution >= 0.6 is 0 Å². The summed E-state index contributed by atoms with van der Waals surface area (Å²) in [7, 11) is -3.73. The van der Waals surface area contributed by atoms with Crippen molar-refractivity contribution >= 4 is 10.1 Å². The summed E-state index contributed by atoms with van der Waals surface area (Å²) >= 11 is 0. The second-order valence-electron chi connectivity index (χ2n) is 3.04. The minimum absolute atomic E-state index is 0.299. The molecule has 1 saturated heterocycles. The number of hydrogen-bond donors (Lipinski definition) is 3. The molecule has 14 heavy (non-hydrogen) atoms. The fourth-order valence-electron chi connectivity index (χ4n) is 1.09. The van der Waals surface area contributed by atoms with Gasteiger partial charge >= 0.3 is 0 Å². The van der Waals surface area contributed by atoms with Gasteiger partial charge in [0.1, 0.15) is 18.3 Å². The Morgan fingerprint density at radius 1 is 1.29 bits per heavy atom. The number of aliphatic hydroxyl groups excluding tert-OH is 3. The van der Waals surface area contributed by atoms with Crippen LogP contribution in [-0.2, 0) is 19.0 Å². The quantitative estimate of drug-likeness (QED) is 0.444. The van der Waals surface area contributed by atoms with Gasteiger partial charge in [-0.2, -0.15) is 8.42 Å². The molecular weight excluding hydrogens is 216 g/mol. The predicted octanol–water partition coefficient (Wildman–Crippen LogP) is -2.60. The molecule has 1 rings (SSSR count). The Hall–Kier alpha value is -0.250. The van der Waals surface area contributed by atoms with Crippen LogP contribution in [-0.4, -0.2) is 61.2 Å². The van der Waals surface area contributed by atoms with Crippen molar-refractivity contribution in [2.24, 2.45) is 0 Å². The molecule has 4 atom stereocenters. The number of hydrogen-bond acceptors (Lipinski definition) is 7. The van der Waals surface area contributed by atoms with Gasteiger partial charge in [0.05, 0.1) is 12.9 Å². The molecule has 8 heteroatoms. The lowest BCUT2D eigenvalue weighted by Crippen LogP contribution is -2.54. The van der Waals surface area contributed by atoms with Gasteiger partial charge in [0.25, 0.3) is 10.1 Å². The van der Waals surface area contributed by atoms with Gasteiger partial charge < -0.3 is 20.1 Å². The molecule has 0 radical (unpaired) electrons. The molecule has 0 amide bonds. The summed E-state index contributed by atoms with van der Waals surface area (Å²) in [5, 5.41) is 27.3. The van der Waals surface area contributed by atoms with Crippen molar-refractivity contribution in [2.45, 2.75) is 24.6 Å². The molecule has 84 valence electrons. The monoisotopic (exact) mass is 228 g/mol. The lowest BCUT2D eigenvalue weighted by molar-refractivity contribution is -0.247. The molecule has 0 unspecified atom stereocenters. The van der Waals surface area contributed by atoms with E-state index < -0.39 is 34.7 Å². The van der Waals surface area contributed by atoms with Crippen LogP contribution in [0.15, 0.2) is 0 Å². The molecule has 1 aliphatic rings. The average molecular weight is 228 g/mol. The zero-order chi connectivity index (χ0) is 10.9. The molecule has 0 aromatic heterocycles. The van der Waals surface area contributed by atoms with Crippen LogP contribution in [0.2, 0.25) is 0 Å². The Labute approximate surface area is 81.0 Å². The summed E-state index contributed by atoms with van der Waals surface area (Å²) in [4.78, 5) is 0. The van der Waals surface area contributed by atoms with Crippen LogP contribution < -0.4 is 0 Å². The van der Waals surface area contributed by atoms with E-state index in [-0.39, 0.29) is 6.61 Å². The largest absolute Gasteiger partial charge is 0.387 e. The van der Waals surface area contributed by atoms with Crippen molar-refractivity contribution in [3.05, 3.63) is 0 Å². The van der Waals surface area contributed by atoms with E-state index in [1.807, 2.05) is 0 Å². The van der Waals surface area contributed by atoms with E-state index in [0.29, 0.717) is 0 Å². The zero-order valence-electron chi connectivity index (χ0n) is 7.40. The highest BCUT2D eigenvalue weighted by atomic mass is 32.2. The highest BCUT2D eigenvalue weighted by Gasteiger charge is 2.39. The number of aliphatic hydroxyl groups is 3. The van der Waals surface area contributed by atoms with Gasteiger partial charge in [-0.05, 0) is 0 Å². The van der Waals surface area contributed by atoms with E-state index >= 15 is 0 Å². The van der Waals surface area contributed by atoms with E-state index in [9.17, 15) is 13.5 Å². The smallest absolute Gasteiger partial charge is 0.264 e. The van der Waals surface area contributed by atoms with E-state index in [1.54, 1.807) is 0 Å². The van der Waals surface area contributed by atoms with Crippen molar-refractivity contribution in [2.75, 3.05) is 12.9 Å². The fourth-order valence-corrected chi connectivity index (χ4v) is 1.71. The van der Waals surface area contributed by atoms with Gasteiger partial charge in [0.15, 0.2) is 6.29 Å². The van der Waals surface area contributed by atoms with Crippen LogP contribution in [0.3, 0.4) is 0 Å². The summed E-state index contributed by atoms with van der Waals surface area (Å²) in [6, 6.07) is 0. The molecule has 0 spiro atoms. The number of ether oxygens (including phenoxy) is 1. The Balaban J connectivity index is 2.64. The second-order valence-corrected chi connectivity index (χ2v) is 4.64. The summed E-state index contributed by atoms with van der Waals surface area (Å²) in [6.45, 7) is -0.299. The predicted molar refractivity (Wildman–Crippen MR) is 43.7 cm³/mol. The molecule has 0 bridgehead atoms. The topological polar surface area (TPSA) is 113 Å². The molecule has 0 aromatic carbocycles. The lowest BCUT2D eigenvalue weighted by Gasteiger charge is -2.33. The Kier molecular flexibility index (Phi) is 3.45. The molecule has 0 aliphatic carbocycles. The summed E-state index contributed by atoms with van der Waals surface area (Å²) in [5.41, 5.74) is 0. The molecule has 7 nitrogen and oxygen atoms in total. The molecule has 1 heterocycles. The summed E-state index contributed by atoms with van der Waals surface area (Å²) in [5.74, 6) is 0. The first-order chi connectivity index (χ1) is 6.31. The lowest BCUT2D eigenvalue weighted by atomic mass is 10.1.